The Bertz CT molecular complexity index is 336. The average molecular weight is 274 g/mol. The molecule has 110 valence electrons. The maximum Gasteiger partial charge on any atom is 0.320 e. The van der Waals surface area contributed by atoms with E-state index in [2.05, 4.69) is 0 Å². The quantitative estimate of drug-likeness (QED) is 0.727. The molecule has 0 radical (unpaired) electrons. The summed E-state index contributed by atoms with van der Waals surface area (Å²) in [6.07, 6.45) is 0. The number of aliphatic hydroxyl groups excluding tert-OH is 1. The second-order valence-corrected chi connectivity index (χ2v) is 4.76. The lowest BCUT2D eigenvalue weighted by Gasteiger charge is -2.35. The first-order valence-corrected chi connectivity index (χ1v) is 6.38. The predicted octanol–water partition coefficient (Wildman–Crippen LogP) is -0.159. The number of likely N-dealkylation sites (N-methyl/N-ethyl adjacent to an activating group) is 2. The van der Waals surface area contributed by atoms with Gasteiger partial charge in [0.1, 0.15) is 5.92 Å². The molecular formula is C12H22N2O5. The van der Waals surface area contributed by atoms with Crippen molar-refractivity contribution in [3.05, 3.63) is 0 Å². The molecule has 0 bridgehead atoms. The molecule has 0 saturated carbocycles. The van der Waals surface area contributed by atoms with E-state index < -0.39 is 17.9 Å². The summed E-state index contributed by atoms with van der Waals surface area (Å²) < 4.78 is 5.19. The summed E-state index contributed by atoms with van der Waals surface area (Å²) in [5, 5.41) is 18.2. The van der Waals surface area contributed by atoms with Crippen LogP contribution < -0.4 is 0 Å². The number of aliphatic carboxylic acids is 1. The lowest BCUT2D eigenvalue weighted by molar-refractivity contribution is -0.142. The summed E-state index contributed by atoms with van der Waals surface area (Å²) in [5.74, 6) is -1.65. The number of ether oxygens (including phenoxy) is 1. The number of nitrogens with zero attached hydrogens (tertiary/aromatic N) is 2. The third-order valence-corrected chi connectivity index (χ3v) is 3.58. The van der Waals surface area contributed by atoms with Crippen LogP contribution in [0.1, 0.15) is 13.8 Å². The number of amides is 2. The lowest BCUT2D eigenvalue weighted by Crippen LogP contribution is -2.53. The van der Waals surface area contributed by atoms with Crippen LogP contribution in [-0.2, 0) is 9.53 Å². The Morgan fingerprint density at radius 1 is 1.42 bits per heavy atom. The van der Waals surface area contributed by atoms with Gasteiger partial charge in [0.2, 0.25) is 0 Å². The van der Waals surface area contributed by atoms with Crippen molar-refractivity contribution in [1.82, 2.24) is 9.80 Å². The minimum Gasteiger partial charge on any atom is -0.481 e. The maximum atomic E-state index is 12.3. The van der Waals surface area contributed by atoms with Crippen molar-refractivity contribution in [2.45, 2.75) is 25.9 Å². The van der Waals surface area contributed by atoms with Gasteiger partial charge in [-0.05, 0) is 13.8 Å². The maximum absolute atomic E-state index is 12.3. The van der Waals surface area contributed by atoms with Crippen LogP contribution in [0.2, 0.25) is 0 Å². The molecule has 0 aromatic rings. The minimum absolute atomic E-state index is 0.128. The van der Waals surface area contributed by atoms with E-state index >= 15 is 0 Å². The summed E-state index contributed by atoms with van der Waals surface area (Å²) in [4.78, 5) is 26.4. The summed E-state index contributed by atoms with van der Waals surface area (Å²) in [6, 6.07) is -1.05. The molecule has 1 saturated heterocycles. The highest BCUT2D eigenvalue weighted by molar-refractivity contribution is 5.77. The third kappa shape index (κ3) is 3.36. The van der Waals surface area contributed by atoms with Gasteiger partial charge in [0, 0.05) is 13.6 Å². The van der Waals surface area contributed by atoms with E-state index in [1.807, 2.05) is 0 Å². The number of hydrogen-bond donors (Lipinski definition) is 2. The third-order valence-electron chi connectivity index (χ3n) is 3.58. The second kappa shape index (κ2) is 6.72. The highest BCUT2D eigenvalue weighted by Crippen LogP contribution is 2.21. The second-order valence-electron chi connectivity index (χ2n) is 4.76. The monoisotopic (exact) mass is 274 g/mol. The van der Waals surface area contributed by atoms with Crippen molar-refractivity contribution in [2.24, 2.45) is 5.92 Å². The van der Waals surface area contributed by atoms with Crippen molar-refractivity contribution in [3.63, 3.8) is 0 Å². The van der Waals surface area contributed by atoms with Gasteiger partial charge in [-0.15, -0.1) is 0 Å². The molecule has 2 N–H and O–H groups in total. The summed E-state index contributed by atoms with van der Waals surface area (Å²) in [6.45, 7) is 4.15. The number of carbonyl (C=O) groups is 2. The highest BCUT2D eigenvalue weighted by Gasteiger charge is 2.40. The molecule has 19 heavy (non-hydrogen) atoms. The van der Waals surface area contributed by atoms with Crippen molar-refractivity contribution >= 4 is 12.0 Å². The predicted molar refractivity (Wildman–Crippen MR) is 67.8 cm³/mol. The molecule has 1 fully saturated rings. The first-order chi connectivity index (χ1) is 8.93. The van der Waals surface area contributed by atoms with Crippen LogP contribution in [0.25, 0.3) is 0 Å². The smallest absolute Gasteiger partial charge is 0.320 e. The average Bonchev–Trinajstić information content (AvgIpc) is 2.87. The fourth-order valence-corrected chi connectivity index (χ4v) is 2.11. The van der Waals surface area contributed by atoms with Gasteiger partial charge in [0.05, 0.1) is 31.9 Å². The topological polar surface area (TPSA) is 90.3 Å². The fraction of sp³-hybridized carbons (Fsp3) is 0.833. The molecule has 0 spiro atoms. The molecule has 0 aromatic heterocycles. The van der Waals surface area contributed by atoms with Gasteiger partial charge >= 0.3 is 12.0 Å². The van der Waals surface area contributed by atoms with E-state index in [9.17, 15) is 9.59 Å². The van der Waals surface area contributed by atoms with Crippen LogP contribution in [0.15, 0.2) is 0 Å². The van der Waals surface area contributed by atoms with Crippen LogP contribution in [0.3, 0.4) is 0 Å². The van der Waals surface area contributed by atoms with Gasteiger partial charge in [-0.25, -0.2) is 4.79 Å². The molecule has 1 heterocycles. The standard InChI is InChI=1S/C12H22N2O5/c1-4-14(12(18)13(3)8(2)5-15)10-7-19-6-9(10)11(16)17/h8-10,15H,4-7H2,1-3H3,(H,16,17). The zero-order valence-electron chi connectivity index (χ0n) is 11.6. The van der Waals surface area contributed by atoms with Crippen LogP contribution in [0.4, 0.5) is 4.79 Å². The molecule has 3 atom stereocenters. The van der Waals surface area contributed by atoms with Gasteiger partial charge in [-0.1, -0.05) is 0 Å². The molecule has 1 aliphatic heterocycles. The van der Waals surface area contributed by atoms with Crippen LogP contribution in [0, 0.1) is 5.92 Å². The van der Waals surface area contributed by atoms with E-state index in [0.29, 0.717) is 6.54 Å². The highest BCUT2D eigenvalue weighted by atomic mass is 16.5. The van der Waals surface area contributed by atoms with Gasteiger partial charge in [0.15, 0.2) is 0 Å². The van der Waals surface area contributed by atoms with Crippen LogP contribution >= 0.6 is 0 Å². The Morgan fingerprint density at radius 3 is 2.53 bits per heavy atom. The lowest BCUT2D eigenvalue weighted by atomic mass is 10.0. The Morgan fingerprint density at radius 2 is 2.05 bits per heavy atom. The van der Waals surface area contributed by atoms with E-state index in [0.717, 1.165) is 0 Å². The first-order valence-electron chi connectivity index (χ1n) is 6.38. The van der Waals surface area contributed by atoms with Crippen molar-refractivity contribution in [3.8, 4) is 0 Å². The zero-order chi connectivity index (χ0) is 14.6. The van der Waals surface area contributed by atoms with Crippen molar-refractivity contribution in [1.29, 1.82) is 0 Å². The Labute approximate surface area is 112 Å². The normalized spacial score (nSPS) is 24.0. The fourth-order valence-electron chi connectivity index (χ4n) is 2.11. The largest absolute Gasteiger partial charge is 0.481 e. The van der Waals surface area contributed by atoms with Gasteiger partial charge < -0.3 is 24.7 Å². The van der Waals surface area contributed by atoms with Crippen LogP contribution in [-0.4, -0.2) is 77.5 Å². The minimum atomic E-state index is -0.952. The van der Waals surface area contributed by atoms with E-state index in [1.54, 1.807) is 20.9 Å². The number of aliphatic hydroxyl groups is 1. The SMILES string of the molecule is CCN(C(=O)N(C)C(C)CO)C1COCC1C(=O)O. The molecule has 1 rings (SSSR count). The zero-order valence-corrected chi connectivity index (χ0v) is 11.6. The number of carboxylic acid groups (broad SMARTS) is 1. The van der Waals surface area contributed by atoms with E-state index in [-0.39, 0.29) is 31.9 Å². The molecule has 7 heteroatoms. The molecule has 0 aliphatic carbocycles. The van der Waals surface area contributed by atoms with Crippen LogP contribution in [0.5, 0.6) is 0 Å². The number of hydrogen-bond acceptors (Lipinski definition) is 4. The summed E-state index contributed by atoms with van der Waals surface area (Å²) >= 11 is 0. The molecule has 1 aliphatic rings. The summed E-state index contributed by atoms with van der Waals surface area (Å²) in [7, 11) is 1.59. The first kappa shape index (κ1) is 15.7. The van der Waals surface area contributed by atoms with Crippen molar-refractivity contribution < 1.29 is 24.5 Å². The number of rotatable bonds is 5. The van der Waals surface area contributed by atoms with Gasteiger partial charge in [-0.3, -0.25) is 4.79 Å². The molecule has 3 unspecified atom stereocenters. The Balaban J connectivity index is 2.82. The molecule has 2 amide bonds. The molecule has 7 nitrogen and oxygen atoms in total. The van der Waals surface area contributed by atoms with Gasteiger partial charge in [0.25, 0.3) is 0 Å². The van der Waals surface area contributed by atoms with Gasteiger partial charge in [-0.2, -0.15) is 0 Å². The number of carboxylic acids is 1. The Kier molecular flexibility index (Phi) is 5.56. The summed E-state index contributed by atoms with van der Waals surface area (Å²) in [5.41, 5.74) is 0. The molecular weight excluding hydrogens is 252 g/mol. The molecule has 0 aromatic carbocycles. The number of urea groups is 1. The Hall–Kier alpha value is -1.34. The van der Waals surface area contributed by atoms with Crippen molar-refractivity contribution in [2.75, 3.05) is 33.4 Å². The van der Waals surface area contributed by atoms with E-state index in [1.165, 1.54) is 9.80 Å². The number of carbonyl (C=O) groups excluding carboxylic acids is 1. The van der Waals surface area contributed by atoms with E-state index in [4.69, 9.17) is 14.9 Å².